The van der Waals surface area contributed by atoms with E-state index in [9.17, 15) is 4.79 Å². The first-order chi connectivity index (χ1) is 14.1. The Labute approximate surface area is 182 Å². The average Bonchev–Trinajstić information content (AvgIpc) is 3.12. The Morgan fingerprint density at radius 2 is 1.97 bits per heavy atom. The van der Waals surface area contributed by atoms with Gasteiger partial charge >= 0.3 is 0 Å². The minimum absolute atomic E-state index is 0.0797. The molecule has 1 aromatic carbocycles. The molecular weight excluding hydrogens is 430 g/mol. The highest BCUT2D eigenvalue weighted by Crippen LogP contribution is 2.21. The third kappa shape index (κ3) is 6.03. The van der Waals surface area contributed by atoms with Crippen LogP contribution in [0.2, 0.25) is 0 Å². The summed E-state index contributed by atoms with van der Waals surface area (Å²) in [7, 11) is 0. The molecule has 160 valence electrons. The molecule has 1 fully saturated rings. The van der Waals surface area contributed by atoms with Gasteiger partial charge in [-0.15, -0.1) is 0 Å². The Bertz CT molecular complexity index is 783. The van der Waals surface area contributed by atoms with Gasteiger partial charge in [-0.05, 0) is 65.2 Å². The van der Waals surface area contributed by atoms with Crippen LogP contribution in [0.25, 0.3) is 10.9 Å². The number of alkyl halides is 1. The first kappa shape index (κ1) is 22.2. The fraction of sp³-hybridized carbons (Fsp3) is 0.636. The molecule has 7 heteroatoms. The van der Waals surface area contributed by atoms with E-state index in [4.69, 9.17) is 0 Å². The zero-order chi connectivity index (χ0) is 20.6. The van der Waals surface area contributed by atoms with E-state index in [1.54, 1.807) is 0 Å². The van der Waals surface area contributed by atoms with E-state index in [1.807, 2.05) is 28.9 Å². The highest BCUT2D eigenvalue weighted by atomic mass is 79.9. The van der Waals surface area contributed by atoms with Gasteiger partial charge in [0.05, 0.1) is 5.52 Å². The quantitative estimate of drug-likeness (QED) is 0.417. The van der Waals surface area contributed by atoms with Crippen LogP contribution in [0.15, 0.2) is 24.3 Å². The topological polar surface area (TPSA) is 62.2 Å². The molecule has 1 amide bonds. The predicted octanol–water partition coefficient (Wildman–Crippen LogP) is 3.58. The van der Waals surface area contributed by atoms with Crippen molar-refractivity contribution < 1.29 is 4.79 Å². The Balaban J connectivity index is 1.44. The number of likely N-dealkylation sites (tertiary alicyclic amines) is 1. The van der Waals surface area contributed by atoms with Gasteiger partial charge in [0.2, 0.25) is 0 Å². The van der Waals surface area contributed by atoms with Gasteiger partial charge in [0.1, 0.15) is 0 Å². The number of amides is 1. The predicted molar refractivity (Wildman–Crippen MR) is 123 cm³/mol. The van der Waals surface area contributed by atoms with Crippen molar-refractivity contribution in [3.8, 4) is 0 Å². The molecule has 1 aliphatic rings. The molecule has 29 heavy (non-hydrogen) atoms. The molecule has 0 radical (unpaired) electrons. The molecule has 0 bridgehead atoms. The second-order valence-electron chi connectivity index (χ2n) is 8.13. The molecule has 0 unspecified atom stereocenters. The fourth-order valence-corrected chi connectivity index (χ4v) is 4.34. The van der Waals surface area contributed by atoms with E-state index in [0.29, 0.717) is 18.3 Å². The van der Waals surface area contributed by atoms with Crippen molar-refractivity contribution in [1.29, 1.82) is 0 Å². The summed E-state index contributed by atoms with van der Waals surface area (Å²) in [6.07, 6.45) is 4.84. The van der Waals surface area contributed by atoms with Gasteiger partial charge in [-0.25, -0.2) is 0 Å². The van der Waals surface area contributed by atoms with Gasteiger partial charge in [0, 0.05) is 35.9 Å². The van der Waals surface area contributed by atoms with E-state index >= 15 is 0 Å². The number of carbonyl (C=O) groups excluding carboxylic acids is 1. The number of nitrogens with one attached hydrogen (secondary N) is 2. The molecule has 2 N–H and O–H groups in total. The number of carbonyl (C=O) groups is 1. The van der Waals surface area contributed by atoms with Crippen molar-refractivity contribution in [2.24, 2.45) is 0 Å². The molecule has 0 atom stereocenters. The lowest BCUT2D eigenvalue weighted by Gasteiger charge is -2.32. The lowest BCUT2D eigenvalue weighted by atomic mass is 10.0. The summed E-state index contributed by atoms with van der Waals surface area (Å²) >= 11 is 3.48. The van der Waals surface area contributed by atoms with Crippen molar-refractivity contribution in [1.82, 2.24) is 25.3 Å². The van der Waals surface area contributed by atoms with Crippen LogP contribution in [-0.4, -0.2) is 64.7 Å². The second-order valence-corrected chi connectivity index (χ2v) is 8.92. The SMILES string of the molecule is CC(C)n1nc(C(=O)NCCN2CCC(NCCCCBr)CC2)c2ccccc21. The molecule has 3 rings (SSSR count). The average molecular weight is 464 g/mol. The Morgan fingerprint density at radius 3 is 2.69 bits per heavy atom. The second kappa shape index (κ2) is 11.1. The molecular formula is C22H34BrN5O. The highest BCUT2D eigenvalue weighted by Gasteiger charge is 2.20. The number of piperidine rings is 1. The summed E-state index contributed by atoms with van der Waals surface area (Å²) in [6, 6.07) is 8.82. The minimum atomic E-state index is -0.0797. The summed E-state index contributed by atoms with van der Waals surface area (Å²) in [6.45, 7) is 9.02. The third-order valence-electron chi connectivity index (χ3n) is 5.61. The van der Waals surface area contributed by atoms with Gasteiger partial charge < -0.3 is 15.5 Å². The largest absolute Gasteiger partial charge is 0.349 e. The normalized spacial score (nSPS) is 16.0. The first-order valence-electron chi connectivity index (χ1n) is 10.9. The van der Waals surface area contributed by atoms with E-state index in [0.717, 1.165) is 42.4 Å². The van der Waals surface area contributed by atoms with Crippen molar-refractivity contribution >= 4 is 32.7 Å². The third-order valence-corrected chi connectivity index (χ3v) is 6.17. The van der Waals surface area contributed by atoms with Crippen LogP contribution >= 0.6 is 15.9 Å². The van der Waals surface area contributed by atoms with Crippen molar-refractivity contribution in [2.75, 3.05) is 38.1 Å². The first-order valence-corrected chi connectivity index (χ1v) is 12.0. The highest BCUT2D eigenvalue weighted by molar-refractivity contribution is 9.09. The maximum absolute atomic E-state index is 12.7. The molecule has 0 saturated carbocycles. The number of halogens is 1. The molecule has 6 nitrogen and oxygen atoms in total. The number of nitrogens with zero attached hydrogens (tertiary/aromatic N) is 3. The number of benzene rings is 1. The molecule has 0 spiro atoms. The van der Waals surface area contributed by atoms with Gasteiger partial charge in [-0.3, -0.25) is 9.48 Å². The minimum Gasteiger partial charge on any atom is -0.349 e. The Hall–Kier alpha value is -1.44. The zero-order valence-electron chi connectivity index (χ0n) is 17.7. The van der Waals surface area contributed by atoms with Crippen LogP contribution in [0.1, 0.15) is 56.1 Å². The van der Waals surface area contributed by atoms with Gasteiger partial charge in [0.15, 0.2) is 5.69 Å². The number of fused-ring (bicyclic) bond motifs is 1. The van der Waals surface area contributed by atoms with Gasteiger partial charge in [-0.2, -0.15) is 5.10 Å². The van der Waals surface area contributed by atoms with Crippen LogP contribution in [0.3, 0.4) is 0 Å². The van der Waals surface area contributed by atoms with Gasteiger partial charge in [0.25, 0.3) is 5.91 Å². The number of rotatable bonds is 10. The smallest absolute Gasteiger partial charge is 0.272 e. The van der Waals surface area contributed by atoms with Crippen molar-refractivity contribution in [2.45, 2.75) is 51.6 Å². The van der Waals surface area contributed by atoms with Crippen LogP contribution < -0.4 is 10.6 Å². The summed E-state index contributed by atoms with van der Waals surface area (Å²) < 4.78 is 1.93. The van der Waals surface area contributed by atoms with Crippen LogP contribution in [-0.2, 0) is 0 Å². The fourth-order valence-electron chi connectivity index (χ4n) is 3.95. The Kier molecular flexibility index (Phi) is 8.51. The number of aromatic nitrogens is 2. The number of unbranched alkanes of at least 4 members (excludes halogenated alkanes) is 1. The maximum atomic E-state index is 12.7. The molecule has 2 heterocycles. The van der Waals surface area contributed by atoms with E-state index in [-0.39, 0.29) is 11.9 Å². The molecule has 1 saturated heterocycles. The molecule has 1 aromatic heterocycles. The van der Waals surface area contributed by atoms with Crippen LogP contribution in [0, 0.1) is 0 Å². The van der Waals surface area contributed by atoms with E-state index in [1.165, 1.54) is 25.7 Å². The Morgan fingerprint density at radius 1 is 1.21 bits per heavy atom. The van der Waals surface area contributed by atoms with Crippen molar-refractivity contribution in [3.63, 3.8) is 0 Å². The lowest BCUT2D eigenvalue weighted by Crippen LogP contribution is -2.45. The summed E-state index contributed by atoms with van der Waals surface area (Å²) in [5.74, 6) is -0.0797. The molecule has 1 aliphatic heterocycles. The van der Waals surface area contributed by atoms with Crippen LogP contribution in [0.4, 0.5) is 0 Å². The molecule has 2 aromatic rings. The zero-order valence-corrected chi connectivity index (χ0v) is 19.2. The van der Waals surface area contributed by atoms with Gasteiger partial charge in [-0.1, -0.05) is 34.1 Å². The monoisotopic (exact) mass is 463 g/mol. The number of hydrogen-bond acceptors (Lipinski definition) is 4. The van der Waals surface area contributed by atoms with E-state index in [2.05, 4.69) is 50.4 Å². The van der Waals surface area contributed by atoms with Crippen LogP contribution in [0.5, 0.6) is 0 Å². The summed E-state index contributed by atoms with van der Waals surface area (Å²) in [4.78, 5) is 15.2. The maximum Gasteiger partial charge on any atom is 0.272 e. The molecule has 0 aliphatic carbocycles. The van der Waals surface area contributed by atoms with E-state index < -0.39 is 0 Å². The summed E-state index contributed by atoms with van der Waals surface area (Å²) in [5.41, 5.74) is 1.54. The van der Waals surface area contributed by atoms with Crippen molar-refractivity contribution in [3.05, 3.63) is 30.0 Å². The standard InChI is InChI=1S/C22H34BrN5O/c1-17(2)28-20-8-4-3-7-19(20)21(26-28)22(29)25-13-16-27-14-9-18(10-15-27)24-12-6-5-11-23/h3-4,7-8,17-18,24H,5-6,9-16H2,1-2H3,(H,25,29). The number of hydrogen-bond donors (Lipinski definition) is 2. The summed E-state index contributed by atoms with van der Waals surface area (Å²) in [5, 5.41) is 13.3. The number of para-hydroxylation sites is 1. The lowest BCUT2D eigenvalue weighted by molar-refractivity contribution is 0.0940.